The topological polar surface area (TPSA) is 77.8 Å². The van der Waals surface area contributed by atoms with E-state index < -0.39 is 11.8 Å². The summed E-state index contributed by atoms with van der Waals surface area (Å²) >= 11 is 6.51. The lowest BCUT2D eigenvalue weighted by Crippen LogP contribution is -2.37. The van der Waals surface area contributed by atoms with E-state index in [1.54, 1.807) is 0 Å². The molecule has 0 aromatic rings. The van der Waals surface area contributed by atoms with Crippen LogP contribution < -0.4 is 0 Å². The van der Waals surface area contributed by atoms with Crippen molar-refractivity contribution in [1.82, 2.24) is 0 Å². The van der Waals surface area contributed by atoms with Gasteiger partial charge in [0.1, 0.15) is 0 Å². The van der Waals surface area contributed by atoms with Crippen LogP contribution in [0.2, 0.25) is 0 Å². The highest BCUT2D eigenvalue weighted by Gasteiger charge is 2.33. The summed E-state index contributed by atoms with van der Waals surface area (Å²) in [5.74, 6) is -2.79. The normalized spacial score (nSPS) is 24.6. The van der Waals surface area contributed by atoms with E-state index >= 15 is 0 Å². The fourth-order valence-corrected chi connectivity index (χ4v) is 3.80. The van der Waals surface area contributed by atoms with Crippen molar-refractivity contribution in [3.8, 4) is 0 Å². The van der Waals surface area contributed by atoms with Crippen molar-refractivity contribution in [2.24, 2.45) is 17.8 Å². The smallest absolute Gasteiger partial charge is 0.364 e. The summed E-state index contributed by atoms with van der Waals surface area (Å²) in [6, 6.07) is 0. The molecule has 0 aromatic heterocycles. The number of hydrogen-bond acceptors (Lipinski definition) is 3. The molecule has 154 valence electrons. The second-order valence-corrected chi connectivity index (χ2v) is 8.65. The van der Waals surface area contributed by atoms with E-state index in [0.717, 1.165) is 32.1 Å². The Labute approximate surface area is 168 Å². The van der Waals surface area contributed by atoms with Gasteiger partial charge >= 0.3 is 5.97 Å². The minimum absolute atomic E-state index is 0.169. The minimum Gasteiger partial charge on any atom is -0.477 e. The van der Waals surface area contributed by atoms with Gasteiger partial charge in [-0.05, 0) is 70.1 Å². The van der Waals surface area contributed by atoms with Gasteiger partial charge in [-0.2, -0.15) is 0 Å². The molecule has 5 heteroatoms. The standard InChI is InChI=1S/C22H35ClO4/c1-16(2)11-12-17(3)8-7-10-19-18(13-14-20(19)23)9-5-4-6-15-22(26,27)21(24)25/h4-5,7,10-11,17-20,26-27H,6,8-9,12-15H2,1-3H3,(H,24,25)/b5-4-,10-7+/t17?,18-,19+,20-/m0/s1. The first kappa shape index (κ1) is 23.9. The lowest BCUT2D eigenvalue weighted by molar-refractivity contribution is -0.205. The number of carbonyl (C=O) groups is 1. The molecule has 0 aromatic carbocycles. The molecule has 4 atom stereocenters. The van der Waals surface area contributed by atoms with Crippen molar-refractivity contribution in [3.05, 3.63) is 36.0 Å². The largest absolute Gasteiger partial charge is 0.477 e. The van der Waals surface area contributed by atoms with Gasteiger partial charge in [0.2, 0.25) is 0 Å². The zero-order chi connectivity index (χ0) is 20.4. The molecule has 1 aliphatic carbocycles. The van der Waals surface area contributed by atoms with E-state index in [4.69, 9.17) is 16.7 Å². The maximum Gasteiger partial charge on any atom is 0.364 e. The Bertz CT molecular complexity index is 547. The quantitative estimate of drug-likeness (QED) is 0.258. The first-order valence-electron chi connectivity index (χ1n) is 9.90. The number of carboxylic acid groups (broad SMARTS) is 1. The van der Waals surface area contributed by atoms with Gasteiger partial charge < -0.3 is 15.3 Å². The van der Waals surface area contributed by atoms with Crippen molar-refractivity contribution >= 4 is 17.6 Å². The van der Waals surface area contributed by atoms with Crippen LogP contribution in [0, 0.1) is 17.8 Å². The van der Waals surface area contributed by atoms with E-state index in [9.17, 15) is 15.0 Å². The molecule has 3 N–H and O–H groups in total. The Balaban J connectivity index is 2.44. The molecule has 1 fully saturated rings. The predicted molar refractivity (Wildman–Crippen MR) is 111 cm³/mol. The van der Waals surface area contributed by atoms with Crippen LogP contribution in [0.1, 0.15) is 65.7 Å². The van der Waals surface area contributed by atoms with Crippen molar-refractivity contribution in [2.45, 2.75) is 76.9 Å². The van der Waals surface area contributed by atoms with E-state index in [-0.39, 0.29) is 11.8 Å². The molecule has 0 saturated heterocycles. The summed E-state index contributed by atoms with van der Waals surface area (Å²) in [4.78, 5) is 10.6. The van der Waals surface area contributed by atoms with Crippen molar-refractivity contribution < 1.29 is 20.1 Å². The number of rotatable bonds is 11. The van der Waals surface area contributed by atoms with E-state index in [1.807, 2.05) is 12.2 Å². The molecule has 1 saturated carbocycles. The third-order valence-electron chi connectivity index (χ3n) is 5.21. The molecule has 1 rings (SSSR count). The minimum atomic E-state index is -2.65. The molecule has 0 radical (unpaired) electrons. The average Bonchev–Trinajstić information content (AvgIpc) is 2.93. The van der Waals surface area contributed by atoms with Gasteiger partial charge in [0.05, 0.1) is 0 Å². The summed E-state index contributed by atoms with van der Waals surface area (Å²) in [6.45, 7) is 6.51. The third kappa shape index (κ3) is 9.09. The highest BCUT2D eigenvalue weighted by atomic mass is 35.5. The molecule has 0 aliphatic heterocycles. The number of halogens is 1. The monoisotopic (exact) mass is 398 g/mol. The maximum atomic E-state index is 10.6. The van der Waals surface area contributed by atoms with Gasteiger partial charge in [0.25, 0.3) is 5.79 Å². The maximum absolute atomic E-state index is 10.6. The van der Waals surface area contributed by atoms with Crippen LogP contribution in [0.15, 0.2) is 36.0 Å². The van der Waals surface area contributed by atoms with Gasteiger partial charge in [-0.1, -0.05) is 42.9 Å². The van der Waals surface area contributed by atoms with Crippen LogP contribution in [0.4, 0.5) is 0 Å². The Morgan fingerprint density at radius 2 is 1.89 bits per heavy atom. The van der Waals surface area contributed by atoms with Gasteiger partial charge in [-0.25, -0.2) is 4.79 Å². The number of allylic oxidation sites excluding steroid dienone is 6. The molecule has 4 nitrogen and oxygen atoms in total. The van der Waals surface area contributed by atoms with Crippen LogP contribution in [-0.4, -0.2) is 32.5 Å². The zero-order valence-electron chi connectivity index (χ0n) is 16.8. The van der Waals surface area contributed by atoms with Crippen molar-refractivity contribution in [1.29, 1.82) is 0 Å². The molecule has 1 aliphatic rings. The Kier molecular flexibility index (Phi) is 10.4. The second-order valence-electron chi connectivity index (χ2n) is 8.08. The number of aliphatic hydroxyl groups is 2. The van der Waals surface area contributed by atoms with Gasteiger partial charge in [-0.3, -0.25) is 0 Å². The first-order chi connectivity index (χ1) is 12.6. The molecule has 27 heavy (non-hydrogen) atoms. The number of hydrogen-bond donors (Lipinski definition) is 3. The lowest BCUT2D eigenvalue weighted by Gasteiger charge is -2.17. The molecule has 0 heterocycles. The van der Waals surface area contributed by atoms with E-state index in [1.165, 1.54) is 5.57 Å². The molecule has 1 unspecified atom stereocenters. The molecule has 0 amide bonds. The highest BCUT2D eigenvalue weighted by Crippen LogP contribution is 2.39. The zero-order valence-corrected chi connectivity index (χ0v) is 17.5. The van der Waals surface area contributed by atoms with Crippen molar-refractivity contribution in [3.63, 3.8) is 0 Å². The summed E-state index contributed by atoms with van der Waals surface area (Å²) in [5.41, 5.74) is 1.36. The van der Waals surface area contributed by atoms with Gasteiger partial charge in [-0.15, -0.1) is 11.6 Å². The predicted octanol–water partition coefficient (Wildman–Crippen LogP) is 5.05. The third-order valence-corrected chi connectivity index (χ3v) is 5.72. The summed E-state index contributed by atoms with van der Waals surface area (Å²) in [7, 11) is 0. The number of alkyl halides is 1. The summed E-state index contributed by atoms with van der Waals surface area (Å²) in [6.07, 6.45) is 15.9. The lowest BCUT2D eigenvalue weighted by atomic mass is 9.91. The van der Waals surface area contributed by atoms with Crippen LogP contribution in [0.3, 0.4) is 0 Å². The van der Waals surface area contributed by atoms with Crippen LogP contribution >= 0.6 is 11.6 Å². The Hall–Kier alpha value is -1.10. The SMILES string of the molecule is CC(C)=CCC(C)C/C=C/[C@@H]1[C@@H](C/C=C\CCC(O)(O)C(=O)O)CC[C@@H]1Cl. The first-order valence-corrected chi connectivity index (χ1v) is 10.3. The van der Waals surface area contributed by atoms with Crippen LogP contribution in [0.25, 0.3) is 0 Å². The average molecular weight is 399 g/mol. The fourth-order valence-electron chi connectivity index (χ4n) is 3.39. The highest BCUT2D eigenvalue weighted by molar-refractivity contribution is 6.21. The molecular weight excluding hydrogens is 364 g/mol. The second kappa shape index (κ2) is 11.7. The Morgan fingerprint density at radius 3 is 2.52 bits per heavy atom. The van der Waals surface area contributed by atoms with Crippen LogP contribution in [0.5, 0.6) is 0 Å². The fraction of sp³-hybridized carbons (Fsp3) is 0.682. The van der Waals surface area contributed by atoms with Gasteiger partial charge in [0, 0.05) is 11.8 Å². The van der Waals surface area contributed by atoms with Gasteiger partial charge in [0.15, 0.2) is 0 Å². The van der Waals surface area contributed by atoms with E-state index in [2.05, 4.69) is 39.0 Å². The summed E-state index contributed by atoms with van der Waals surface area (Å²) < 4.78 is 0. The number of aliphatic carboxylic acids is 1. The molecular formula is C22H35ClO4. The molecule has 0 spiro atoms. The molecule has 0 bridgehead atoms. The number of carboxylic acids is 1. The van der Waals surface area contributed by atoms with E-state index in [0.29, 0.717) is 24.2 Å². The van der Waals surface area contributed by atoms with Crippen molar-refractivity contribution in [2.75, 3.05) is 0 Å². The summed E-state index contributed by atoms with van der Waals surface area (Å²) in [5, 5.41) is 27.4. The van der Waals surface area contributed by atoms with Crippen LogP contribution in [-0.2, 0) is 4.79 Å². The Morgan fingerprint density at radius 1 is 1.19 bits per heavy atom.